The molecule has 0 saturated carbocycles. The molecule has 0 saturated heterocycles. The standard InChI is InChI=1S/C8H10F2N2O/c1-4-6(13)2-5(3-11)12-7(4)8(9)10/h2,8H,3,11H2,1H3,(H,12,13). The number of hydrogen-bond acceptors (Lipinski definition) is 2. The van der Waals surface area contributed by atoms with E-state index in [1.54, 1.807) is 0 Å². The highest BCUT2D eigenvalue weighted by Gasteiger charge is 2.13. The van der Waals surface area contributed by atoms with Gasteiger partial charge in [-0.05, 0) is 6.92 Å². The van der Waals surface area contributed by atoms with Crippen LogP contribution in [0, 0.1) is 6.92 Å². The van der Waals surface area contributed by atoms with Crippen LogP contribution in [0.3, 0.4) is 0 Å². The molecule has 1 aromatic rings. The molecule has 0 spiro atoms. The molecule has 0 bridgehead atoms. The van der Waals surface area contributed by atoms with Crippen molar-refractivity contribution in [2.24, 2.45) is 5.73 Å². The number of H-pyrrole nitrogens is 1. The van der Waals surface area contributed by atoms with Gasteiger partial charge in [-0.15, -0.1) is 0 Å². The molecule has 0 aliphatic rings. The summed E-state index contributed by atoms with van der Waals surface area (Å²) in [7, 11) is 0. The summed E-state index contributed by atoms with van der Waals surface area (Å²) in [6.45, 7) is 1.41. The van der Waals surface area contributed by atoms with Gasteiger partial charge in [-0.1, -0.05) is 0 Å². The fraction of sp³-hybridized carbons (Fsp3) is 0.375. The lowest BCUT2D eigenvalue weighted by Crippen LogP contribution is -2.14. The lowest BCUT2D eigenvalue weighted by atomic mass is 10.2. The Morgan fingerprint density at radius 1 is 1.62 bits per heavy atom. The number of pyridine rings is 1. The molecule has 1 aromatic heterocycles. The van der Waals surface area contributed by atoms with E-state index in [9.17, 15) is 13.6 Å². The number of aromatic nitrogens is 1. The van der Waals surface area contributed by atoms with Crippen LogP contribution in [0.2, 0.25) is 0 Å². The molecule has 3 nitrogen and oxygen atoms in total. The predicted molar refractivity (Wildman–Crippen MR) is 44.6 cm³/mol. The van der Waals surface area contributed by atoms with Gasteiger partial charge in [-0.25, -0.2) is 8.78 Å². The zero-order chi connectivity index (χ0) is 10.0. The fourth-order valence-corrected chi connectivity index (χ4v) is 1.03. The molecular formula is C8H10F2N2O. The van der Waals surface area contributed by atoms with E-state index in [1.807, 2.05) is 0 Å². The number of nitrogens with two attached hydrogens (primary N) is 1. The van der Waals surface area contributed by atoms with Crippen molar-refractivity contribution in [3.05, 3.63) is 33.2 Å². The van der Waals surface area contributed by atoms with Crippen LogP contribution in [0.15, 0.2) is 10.9 Å². The molecule has 0 fully saturated rings. The molecular weight excluding hydrogens is 178 g/mol. The molecule has 0 amide bonds. The van der Waals surface area contributed by atoms with Gasteiger partial charge in [0.15, 0.2) is 5.43 Å². The number of alkyl halides is 2. The van der Waals surface area contributed by atoms with E-state index in [-0.39, 0.29) is 17.8 Å². The van der Waals surface area contributed by atoms with Gasteiger partial charge in [0.25, 0.3) is 6.43 Å². The minimum absolute atomic E-state index is 0.0483. The maximum Gasteiger partial charge on any atom is 0.278 e. The van der Waals surface area contributed by atoms with Crippen molar-refractivity contribution in [2.75, 3.05) is 0 Å². The van der Waals surface area contributed by atoms with Crippen molar-refractivity contribution in [3.8, 4) is 0 Å². The Morgan fingerprint density at radius 3 is 2.69 bits per heavy atom. The average Bonchev–Trinajstić information content (AvgIpc) is 2.09. The van der Waals surface area contributed by atoms with Crippen LogP contribution in [0.25, 0.3) is 0 Å². The summed E-state index contributed by atoms with van der Waals surface area (Å²) in [5, 5.41) is 0. The Morgan fingerprint density at radius 2 is 2.23 bits per heavy atom. The van der Waals surface area contributed by atoms with Crippen LogP contribution >= 0.6 is 0 Å². The second-order valence-corrected chi connectivity index (χ2v) is 2.70. The first-order valence-corrected chi connectivity index (χ1v) is 3.77. The number of hydrogen-bond donors (Lipinski definition) is 2. The quantitative estimate of drug-likeness (QED) is 0.729. The van der Waals surface area contributed by atoms with Gasteiger partial charge in [0.1, 0.15) is 0 Å². The Hall–Kier alpha value is -1.23. The highest BCUT2D eigenvalue weighted by molar-refractivity contribution is 5.22. The highest BCUT2D eigenvalue weighted by atomic mass is 19.3. The third-order valence-corrected chi connectivity index (χ3v) is 1.81. The molecule has 13 heavy (non-hydrogen) atoms. The number of nitrogens with one attached hydrogen (secondary N) is 1. The highest BCUT2D eigenvalue weighted by Crippen LogP contribution is 2.17. The molecule has 1 rings (SSSR count). The van der Waals surface area contributed by atoms with Crippen molar-refractivity contribution in [2.45, 2.75) is 19.9 Å². The van der Waals surface area contributed by atoms with Crippen molar-refractivity contribution >= 4 is 0 Å². The fourth-order valence-electron chi connectivity index (χ4n) is 1.03. The summed E-state index contributed by atoms with van der Waals surface area (Å²) in [5.41, 5.74) is 4.85. The summed E-state index contributed by atoms with van der Waals surface area (Å²) in [6.07, 6.45) is -2.67. The monoisotopic (exact) mass is 188 g/mol. The lowest BCUT2D eigenvalue weighted by Gasteiger charge is -2.06. The van der Waals surface area contributed by atoms with Crippen molar-refractivity contribution in [1.82, 2.24) is 4.98 Å². The Kier molecular flexibility index (Phi) is 2.77. The second kappa shape index (κ2) is 3.66. The first-order chi connectivity index (χ1) is 6.06. The van der Waals surface area contributed by atoms with Gasteiger partial charge in [0, 0.05) is 23.9 Å². The molecule has 72 valence electrons. The van der Waals surface area contributed by atoms with E-state index in [0.29, 0.717) is 5.69 Å². The van der Waals surface area contributed by atoms with E-state index in [2.05, 4.69) is 4.98 Å². The van der Waals surface area contributed by atoms with Gasteiger partial charge < -0.3 is 10.7 Å². The third-order valence-electron chi connectivity index (χ3n) is 1.81. The topological polar surface area (TPSA) is 58.9 Å². The number of aromatic amines is 1. The maximum absolute atomic E-state index is 12.3. The Balaban J connectivity index is 3.33. The Bertz CT molecular complexity index is 360. The van der Waals surface area contributed by atoms with Crippen molar-refractivity contribution < 1.29 is 8.78 Å². The Labute approximate surface area is 73.6 Å². The van der Waals surface area contributed by atoms with Crippen LogP contribution in [-0.2, 0) is 6.54 Å². The average molecular weight is 188 g/mol. The molecule has 0 atom stereocenters. The minimum atomic E-state index is -2.67. The molecule has 5 heteroatoms. The lowest BCUT2D eigenvalue weighted by molar-refractivity contribution is 0.145. The van der Waals surface area contributed by atoms with Gasteiger partial charge in [0.05, 0.1) is 5.69 Å². The summed E-state index contributed by atoms with van der Waals surface area (Å²) >= 11 is 0. The molecule has 0 aromatic carbocycles. The molecule has 0 radical (unpaired) electrons. The molecule has 3 N–H and O–H groups in total. The summed E-state index contributed by atoms with van der Waals surface area (Å²) in [4.78, 5) is 13.5. The number of rotatable bonds is 2. The third kappa shape index (κ3) is 1.92. The van der Waals surface area contributed by atoms with Crippen molar-refractivity contribution in [3.63, 3.8) is 0 Å². The zero-order valence-corrected chi connectivity index (χ0v) is 7.10. The molecule has 1 heterocycles. The number of halogens is 2. The van der Waals surface area contributed by atoms with Crippen LogP contribution in [0.1, 0.15) is 23.4 Å². The van der Waals surface area contributed by atoms with Crippen LogP contribution in [0.5, 0.6) is 0 Å². The summed E-state index contributed by atoms with van der Waals surface area (Å²) in [5.74, 6) is 0. The maximum atomic E-state index is 12.3. The van der Waals surface area contributed by atoms with E-state index >= 15 is 0 Å². The van der Waals surface area contributed by atoms with Gasteiger partial charge in [0.2, 0.25) is 0 Å². The van der Waals surface area contributed by atoms with E-state index in [1.165, 1.54) is 13.0 Å². The smallest absolute Gasteiger partial charge is 0.278 e. The van der Waals surface area contributed by atoms with Gasteiger partial charge in [-0.2, -0.15) is 0 Å². The van der Waals surface area contributed by atoms with E-state index in [0.717, 1.165) is 0 Å². The van der Waals surface area contributed by atoms with Gasteiger partial charge >= 0.3 is 0 Å². The van der Waals surface area contributed by atoms with Gasteiger partial charge in [-0.3, -0.25) is 4.79 Å². The largest absolute Gasteiger partial charge is 0.356 e. The van der Waals surface area contributed by atoms with Crippen molar-refractivity contribution in [1.29, 1.82) is 0 Å². The van der Waals surface area contributed by atoms with Crippen LogP contribution in [-0.4, -0.2) is 4.98 Å². The van der Waals surface area contributed by atoms with E-state index in [4.69, 9.17) is 5.73 Å². The first kappa shape index (κ1) is 9.85. The molecule has 0 unspecified atom stereocenters. The SMILES string of the molecule is Cc1c(C(F)F)[nH]c(CN)cc1=O. The van der Waals surface area contributed by atoms with Crippen LogP contribution in [0.4, 0.5) is 8.78 Å². The molecule has 0 aliphatic heterocycles. The summed E-state index contributed by atoms with van der Waals surface area (Å²) in [6, 6.07) is 1.24. The second-order valence-electron chi connectivity index (χ2n) is 2.70. The predicted octanol–water partition coefficient (Wildman–Crippen LogP) is 1.08. The zero-order valence-electron chi connectivity index (χ0n) is 7.10. The summed E-state index contributed by atoms with van der Waals surface area (Å²) < 4.78 is 24.6. The normalized spacial score (nSPS) is 10.8. The minimum Gasteiger partial charge on any atom is -0.356 e. The van der Waals surface area contributed by atoms with E-state index < -0.39 is 11.9 Å². The van der Waals surface area contributed by atoms with Crippen LogP contribution < -0.4 is 11.2 Å². The molecule has 0 aliphatic carbocycles. The first-order valence-electron chi connectivity index (χ1n) is 3.77.